The van der Waals surface area contributed by atoms with Gasteiger partial charge in [-0.25, -0.2) is 9.67 Å². The number of aromatic nitrogens is 3. The van der Waals surface area contributed by atoms with Crippen molar-refractivity contribution in [1.29, 1.82) is 0 Å². The number of alkyl halides is 3. The number of hydrogen-bond donors (Lipinski definition) is 1. The maximum Gasteiger partial charge on any atom is 0.417 e. The van der Waals surface area contributed by atoms with E-state index in [1.165, 1.54) is 16.9 Å². The van der Waals surface area contributed by atoms with E-state index < -0.39 is 11.7 Å². The molecule has 1 atom stereocenters. The predicted octanol–water partition coefficient (Wildman–Crippen LogP) is 2.68. The van der Waals surface area contributed by atoms with Crippen LogP contribution >= 0.6 is 0 Å². The second kappa shape index (κ2) is 9.13. The monoisotopic (exact) mass is 425 g/mol. The lowest BCUT2D eigenvalue weighted by molar-refractivity contribution is -0.137. The lowest BCUT2D eigenvalue weighted by Gasteiger charge is -2.33. The molecule has 1 aliphatic rings. The second-order valence-corrected chi connectivity index (χ2v) is 7.81. The number of carbonyl (C=O) groups is 1. The Morgan fingerprint density at radius 1 is 1.33 bits per heavy atom. The summed E-state index contributed by atoms with van der Waals surface area (Å²) in [6.07, 6.45) is -2.41. The van der Waals surface area contributed by atoms with Gasteiger partial charge in [0.1, 0.15) is 0 Å². The van der Waals surface area contributed by atoms with Crippen LogP contribution in [0.3, 0.4) is 0 Å². The molecule has 0 aliphatic carbocycles. The number of hydrogen-bond acceptors (Lipinski definition) is 5. The summed E-state index contributed by atoms with van der Waals surface area (Å²) < 4.78 is 45.2. The van der Waals surface area contributed by atoms with Crippen LogP contribution < -0.4 is 5.32 Å². The zero-order chi connectivity index (χ0) is 21.9. The largest absolute Gasteiger partial charge is 0.417 e. The summed E-state index contributed by atoms with van der Waals surface area (Å²) >= 11 is 0. The van der Waals surface area contributed by atoms with Crippen LogP contribution in [0, 0.1) is 12.8 Å². The highest BCUT2D eigenvalue weighted by Crippen LogP contribution is 2.28. The van der Waals surface area contributed by atoms with Gasteiger partial charge < -0.3 is 10.1 Å². The van der Waals surface area contributed by atoms with Crippen molar-refractivity contribution in [3.63, 3.8) is 0 Å². The molecule has 0 aromatic carbocycles. The molecule has 1 saturated heterocycles. The molecular formula is C20H26F3N5O2. The van der Waals surface area contributed by atoms with Gasteiger partial charge in [0.15, 0.2) is 5.82 Å². The van der Waals surface area contributed by atoms with Crippen LogP contribution in [0.25, 0.3) is 5.82 Å². The summed E-state index contributed by atoms with van der Waals surface area (Å²) in [5.74, 6) is 0.459. The zero-order valence-electron chi connectivity index (χ0n) is 17.2. The van der Waals surface area contributed by atoms with Gasteiger partial charge in [0.25, 0.3) is 5.91 Å². The van der Waals surface area contributed by atoms with Gasteiger partial charge >= 0.3 is 6.18 Å². The number of amides is 1. The van der Waals surface area contributed by atoms with Crippen LogP contribution in [0.15, 0.2) is 24.5 Å². The van der Waals surface area contributed by atoms with Gasteiger partial charge in [0.2, 0.25) is 0 Å². The topological polar surface area (TPSA) is 72.3 Å². The van der Waals surface area contributed by atoms with E-state index >= 15 is 0 Å². The molecule has 0 saturated carbocycles. The Morgan fingerprint density at radius 3 is 2.73 bits per heavy atom. The first kappa shape index (κ1) is 22.2. The molecule has 1 N–H and O–H groups in total. The molecule has 0 radical (unpaired) electrons. The minimum Gasteiger partial charge on any atom is -0.374 e. The van der Waals surface area contributed by atoms with Crippen molar-refractivity contribution in [2.75, 3.05) is 32.8 Å². The molecule has 30 heavy (non-hydrogen) atoms. The van der Waals surface area contributed by atoms with E-state index in [1.807, 2.05) is 0 Å². The molecule has 164 valence electrons. The van der Waals surface area contributed by atoms with Crippen molar-refractivity contribution in [2.24, 2.45) is 5.92 Å². The lowest BCUT2D eigenvalue weighted by Crippen LogP contribution is -2.48. The van der Waals surface area contributed by atoms with Crippen molar-refractivity contribution >= 4 is 5.91 Å². The van der Waals surface area contributed by atoms with Gasteiger partial charge in [0.05, 0.1) is 35.7 Å². The number of morpholine rings is 1. The van der Waals surface area contributed by atoms with Crippen molar-refractivity contribution in [3.8, 4) is 5.82 Å². The molecule has 2 aromatic rings. The van der Waals surface area contributed by atoms with Crippen molar-refractivity contribution in [3.05, 3.63) is 41.3 Å². The van der Waals surface area contributed by atoms with Crippen molar-refractivity contribution in [1.82, 2.24) is 25.0 Å². The number of carbonyl (C=O) groups excluding carboxylic acids is 1. The van der Waals surface area contributed by atoms with Crippen LogP contribution in [0.2, 0.25) is 0 Å². The van der Waals surface area contributed by atoms with Crippen LogP contribution in [-0.4, -0.2) is 64.5 Å². The minimum atomic E-state index is -4.46. The van der Waals surface area contributed by atoms with Crippen LogP contribution in [0.5, 0.6) is 0 Å². The average molecular weight is 425 g/mol. The van der Waals surface area contributed by atoms with E-state index in [0.29, 0.717) is 30.3 Å². The van der Waals surface area contributed by atoms with Crippen LogP contribution in [0.1, 0.15) is 35.5 Å². The lowest BCUT2D eigenvalue weighted by atomic mass is 10.1. The van der Waals surface area contributed by atoms with E-state index in [2.05, 4.69) is 34.1 Å². The summed E-state index contributed by atoms with van der Waals surface area (Å²) in [5.41, 5.74) is -0.00897. The van der Waals surface area contributed by atoms with Crippen molar-refractivity contribution in [2.45, 2.75) is 33.1 Å². The number of pyridine rings is 1. The van der Waals surface area contributed by atoms with Gasteiger partial charge in [-0.05, 0) is 25.0 Å². The Morgan fingerprint density at radius 2 is 2.10 bits per heavy atom. The van der Waals surface area contributed by atoms with Crippen LogP contribution in [-0.2, 0) is 10.9 Å². The fourth-order valence-electron chi connectivity index (χ4n) is 3.43. The summed E-state index contributed by atoms with van der Waals surface area (Å²) in [6, 6.07) is 2.16. The molecule has 0 unspecified atom stereocenters. The summed E-state index contributed by atoms with van der Waals surface area (Å²) in [4.78, 5) is 18.7. The highest BCUT2D eigenvalue weighted by molar-refractivity contribution is 5.95. The number of ether oxygens (including phenoxy) is 1. The van der Waals surface area contributed by atoms with Crippen LogP contribution in [0.4, 0.5) is 13.2 Å². The molecule has 1 aliphatic heterocycles. The fraction of sp³-hybridized carbons (Fsp3) is 0.550. The summed E-state index contributed by atoms with van der Waals surface area (Å²) in [7, 11) is 0. The Labute approximate surface area is 173 Å². The maximum absolute atomic E-state index is 12.7. The van der Waals surface area contributed by atoms with E-state index in [1.54, 1.807) is 6.92 Å². The smallest absolute Gasteiger partial charge is 0.374 e. The predicted molar refractivity (Wildman–Crippen MR) is 104 cm³/mol. The van der Waals surface area contributed by atoms with Gasteiger partial charge in [-0.2, -0.15) is 18.3 Å². The molecule has 1 fully saturated rings. The third-order valence-electron chi connectivity index (χ3n) is 4.88. The number of rotatable bonds is 6. The Kier molecular flexibility index (Phi) is 6.77. The minimum absolute atomic E-state index is 0.0895. The Bertz CT molecular complexity index is 864. The second-order valence-electron chi connectivity index (χ2n) is 7.81. The first-order valence-corrected chi connectivity index (χ1v) is 9.85. The normalized spacial score (nSPS) is 18.0. The van der Waals surface area contributed by atoms with E-state index in [0.717, 1.165) is 31.9 Å². The first-order chi connectivity index (χ1) is 14.1. The third kappa shape index (κ3) is 5.37. The first-order valence-electron chi connectivity index (χ1n) is 9.85. The summed E-state index contributed by atoms with van der Waals surface area (Å²) in [5, 5.41) is 6.98. The van der Waals surface area contributed by atoms with E-state index in [4.69, 9.17) is 4.74 Å². The Balaban J connectivity index is 1.62. The molecule has 3 heterocycles. The highest BCUT2D eigenvalue weighted by atomic mass is 19.4. The molecule has 10 heteroatoms. The molecule has 0 spiro atoms. The van der Waals surface area contributed by atoms with Gasteiger partial charge in [0, 0.05) is 32.4 Å². The van der Waals surface area contributed by atoms with E-state index in [-0.39, 0.29) is 17.8 Å². The van der Waals surface area contributed by atoms with Gasteiger partial charge in [-0.1, -0.05) is 13.8 Å². The molecular weight excluding hydrogens is 399 g/mol. The van der Waals surface area contributed by atoms with Gasteiger partial charge in [-0.15, -0.1) is 0 Å². The standard InChI is InChI=1S/C20H26F3N5O2/c1-13(2)11-27-6-7-30-16(12-27)9-25-19(29)17-10-26-28(14(17)3)18-5-4-15(8-24-18)20(21,22)23/h4-5,8,10,13,16H,6-7,9,11-12H2,1-3H3,(H,25,29)/t16-/m0/s1. The van der Waals surface area contributed by atoms with Gasteiger partial charge in [-0.3, -0.25) is 9.69 Å². The zero-order valence-corrected chi connectivity index (χ0v) is 17.2. The highest BCUT2D eigenvalue weighted by Gasteiger charge is 2.31. The SMILES string of the molecule is Cc1c(C(=O)NC[C@H]2CN(CC(C)C)CCO2)cnn1-c1ccc(C(F)(F)F)cn1. The Hall–Kier alpha value is -2.46. The molecule has 3 rings (SSSR count). The molecule has 1 amide bonds. The molecule has 0 bridgehead atoms. The fourth-order valence-corrected chi connectivity index (χ4v) is 3.43. The maximum atomic E-state index is 12.7. The number of nitrogens with one attached hydrogen (secondary N) is 1. The third-order valence-corrected chi connectivity index (χ3v) is 4.88. The molecule has 7 nitrogen and oxygen atoms in total. The molecule has 2 aromatic heterocycles. The number of nitrogens with zero attached hydrogens (tertiary/aromatic N) is 4. The number of halogens is 3. The van der Waals surface area contributed by atoms with Crippen molar-refractivity contribution < 1.29 is 22.7 Å². The average Bonchev–Trinajstić information content (AvgIpc) is 3.07. The van der Waals surface area contributed by atoms with E-state index in [9.17, 15) is 18.0 Å². The quantitative estimate of drug-likeness (QED) is 0.771. The summed E-state index contributed by atoms with van der Waals surface area (Å²) in [6.45, 7) is 9.63.